The monoisotopic (exact) mass is 296 g/mol. The summed E-state index contributed by atoms with van der Waals surface area (Å²) in [4.78, 5) is 4.46. The van der Waals surface area contributed by atoms with Crippen LogP contribution in [-0.2, 0) is 6.54 Å². The number of aryl methyl sites for hydroxylation is 2. The fraction of sp³-hybridized carbons (Fsp3) is 0.167. The van der Waals surface area contributed by atoms with E-state index in [1.807, 2.05) is 24.3 Å². The van der Waals surface area contributed by atoms with Crippen molar-refractivity contribution in [2.24, 2.45) is 0 Å². The topological polar surface area (TPSA) is 24.9 Å². The summed E-state index contributed by atoms with van der Waals surface area (Å²) in [7, 11) is 0. The molecule has 0 saturated heterocycles. The Hall–Kier alpha value is -2.06. The highest BCUT2D eigenvalue weighted by molar-refractivity contribution is 6.31. The first-order chi connectivity index (χ1) is 10.1. The van der Waals surface area contributed by atoms with Crippen molar-refractivity contribution < 1.29 is 0 Å². The van der Waals surface area contributed by atoms with Gasteiger partial charge in [0, 0.05) is 23.2 Å². The van der Waals surface area contributed by atoms with E-state index in [-0.39, 0.29) is 0 Å². The molecular formula is C18H17ClN2. The van der Waals surface area contributed by atoms with Gasteiger partial charge >= 0.3 is 0 Å². The third-order valence-electron chi connectivity index (χ3n) is 3.77. The minimum Gasteiger partial charge on any atom is -0.379 e. The van der Waals surface area contributed by atoms with E-state index >= 15 is 0 Å². The van der Waals surface area contributed by atoms with Gasteiger partial charge in [0.15, 0.2) is 0 Å². The Labute approximate surface area is 129 Å². The Morgan fingerprint density at radius 1 is 1.05 bits per heavy atom. The van der Waals surface area contributed by atoms with Crippen LogP contribution in [0.15, 0.2) is 48.7 Å². The van der Waals surface area contributed by atoms with Crippen molar-refractivity contribution in [2.75, 3.05) is 5.32 Å². The summed E-state index contributed by atoms with van der Waals surface area (Å²) in [6.45, 7) is 5.04. The lowest BCUT2D eigenvalue weighted by molar-refractivity contribution is 1.09. The van der Waals surface area contributed by atoms with E-state index in [2.05, 4.69) is 42.3 Å². The number of hydrogen-bond donors (Lipinski definition) is 1. The van der Waals surface area contributed by atoms with Crippen LogP contribution < -0.4 is 5.32 Å². The van der Waals surface area contributed by atoms with Crippen molar-refractivity contribution >= 4 is 28.2 Å². The van der Waals surface area contributed by atoms with Gasteiger partial charge in [-0.2, -0.15) is 0 Å². The number of benzene rings is 2. The van der Waals surface area contributed by atoms with Gasteiger partial charge in [-0.3, -0.25) is 4.98 Å². The van der Waals surface area contributed by atoms with Crippen LogP contribution in [0.2, 0.25) is 5.02 Å². The molecule has 0 aliphatic heterocycles. The molecule has 3 aromatic rings. The van der Waals surface area contributed by atoms with Crippen molar-refractivity contribution in [3.63, 3.8) is 0 Å². The van der Waals surface area contributed by atoms with Crippen LogP contribution in [0.25, 0.3) is 10.9 Å². The normalized spacial score (nSPS) is 10.8. The lowest BCUT2D eigenvalue weighted by Crippen LogP contribution is -2.04. The van der Waals surface area contributed by atoms with E-state index in [4.69, 9.17) is 11.6 Å². The van der Waals surface area contributed by atoms with Gasteiger partial charge in [0.1, 0.15) is 0 Å². The fourth-order valence-corrected chi connectivity index (χ4v) is 2.83. The van der Waals surface area contributed by atoms with Gasteiger partial charge in [-0.25, -0.2) is 0 Å². The quantitative estimate of drug-likeness (QED) is 0.726. The van der Waals surface area contributed by atoms with Gasteiger partial charge < -0.3 is 5.32 Å². The second-order valence-corrected chi connectivity index (χ2v) is 5.69. The average Bonchev–Trinajstić information content (AvgIpc) is 2.46. The SMILES string of the molecule is Cc1cccc(C)c1CNc1cc(Cl)cc2cccnc12. The molecular weight excluding hydrogens is 280 g/mol. The van der Waals surface area contributed by atoms with E-state index in [1.165, 1.54) is 16.7 Å². The molecule has 3 rings (SSSR count). The second-order valence-electron chi connectivity index (χ2n) is 5.25. The van der Waals surface area contributed by atoms with Gasteiger partial charge in [-0.1, -0.05) is 35.9 Å². The zero-order valence-electron chi connectivity index (χ0n) is 12.2. The Balaban J connectivity index is 1.95. The number of nitrogens with zero attached hydrogens (tertiary/aromatic N) is 1. The molecule has 0 radical (unpaired) electrons. The molecule has 0 fully saturated rings. The molecule has 0 unspecified atom stereocenters. The number of nitrogens with one attached hydrogen (secondary N) is 1. The summed E-state index contributed by atoms with van der Waals surface area (Å²) in [6.07, 6.45) is 1.81. The summed E-state index contributed by atoms with van der Waals surface area (Å²) in [5, 5.41) is 5.25. The molecule has 106 valence electrons. The molecule has 0 atom stereocenters. The summed E-state index contributed by atoms with van der Waals surface area (Å²) >= 11 is 6.20. The molecule has 2 aromatic carbocycles. The number of fused-ring (bicyclic) bond motifs is 1. The van der Waals surface area contributed by atoms with Gasteiger partial charge in [-0.05, 0) is 48.7 Å². The van der Waals surface area contributed by atoms with Crippen molar-refractivity contribution in [1.82, 2.24) is 4.98 Å². The summed E-state index contributed by atoms with van der Waals surface area (Å²) in [6, 6.07) is 14.2. The predicted molar refractivity (Wildman–Crippen MR) is 90.0 cm³/mol. The largest absolute Gasteiger partial charge is 0.379 e. The van der Waals surface area contributed by atoms with E-state index in [1.54, 1.807) is 6.20 Å². The van der Waals surface area contributed by atoms with E-state index in [0.717, 1.165) is 28.2 Å². The molecule has 1 N–H and O–H groups in total. The molecule has 21 heavy (non-hydrogen) atoms. The number of hydrogen-bond acceptors (Lipinski definition) is 2. The van der Waals surface area contributed by atoms with Crippen molar-refractivity contribution in [3.05, 3.63) is 70.4 Å². The maximum Gasteiger partial charge on any atom is 0.0934 e. The molecule has 0 spiro atoms. The summed E-state index contributed by atoms with van der Waals surface area (Å²) in [5.41, 5.74) is 5.83. The first-order valence-electron chi connectivity index (χ1n) is 6.98. The second kappa shape index (κ2) is 5.74. The zero-order valence-corrected chi connectivity index (χ0v) is 12.9. The molecule has 0 aliphatic rings. The van der Waals surface area contributed by atoms with Crippen LogP contribution in [0, 0.1) is 13.8 Å². The molecule has 0 bridgehead atoms. The molecule has 3 heteroatoms. The number of rotatable bonds is 3. The van der Waals surface area contributed by atoms with E-state index in [0.29, 0.717) is 0 Å². The lowest BCUT2D eigenvalue weighted by Gasteiger charge is -2.13. The Kier molecular flexibility index (Phi) is 3.80. The molecule has 0 saturated carbocycles. The van der Waals surface area contributed by atoms with Crippen LogP contribution in [0.4, 0.5) is 5.69 Å². The molecule has 2 nitrogen and oxygen atoms in total. The van der Waals surface area contributed by atoms with Crippen LogP contribution in [0.5, 0.6) is 0 Å². The highest BCUT2D eigenvalue weighted by atomic mass is 35.5. The van der Waals surface area contributed by atoms with Gasteiger partial charge in [0.05, 0.1) is 11.2 Å². The highest BCUT2D eigenvalue weighted by Crippen LogP contribution is 2.27. The highest BCUT2D eigenvalue weighted by Gasteiger charge is 2.06. The van der Waals surface area contributed by atoms with Crippen molar-refractivity contribution in [2.45, 2.75) is 20.4 Å². The minimum absolute atomic E-state index is 0.722. The molecule has 1 heterocycles. The summed E-state index contributed by atoms with van der Waals surface area (Å²) in [5.74, 6) is 0. The average molecular weight is 297 g/mol. The first kappa shape index (κ1) is 13.9. The number of anilines is 1. The smallest absolute Gasteiger partial charge is 0.0934 e. The van der Waals surface area contributed by atoms with Crippen molar-refractivity contribution in [3.8, 4) is 0 Å². The van der Waals surface area contributed by atoms with E-state index in [9.17, 15) is 0 Å². The van der Waals surface area contributed by atoms with Crippen LogP contribution in [0.1, 0.15) is 16.7 Å². The third kappa shape index (κ3) is 2.86. The van der Waals surface area contributed by atoms with Gasteiger partial charge in [0.2, 0.25) is 0 Å². The zero-order chi connectivity index (χ0) is 14.8. The van der Waals surface area contributed by atoms with Crippen LogP contribution in [0.3, 0.4) is 0 Å². The molecule has 0 aliphatic carbocycles. The Bertz CT molecular complexity index is 776. The van der Waals surface area contributed by atoms with E-state index < -0.39 is 0 Å². The number of halogens is 1. The Morgan fingerprint density at radius 2 is 1.81 bits per heavy atom. The lowest BCUT2D eigenvalue weighted by atomic mass is 10.0. The maximum atomic E-state index is 6.20. The Morgan fingerprint density at radius 3 is 2.57 bits per heavy atom. The van der Waals surface area contributed by atoms with Gasteiger partial charge in [0.25, 0.3) is 0 Å². The fourth-order valence-electron chi connectivity index (χ4n) is 2.60. The van der Waals surface area contributed by atoms with Gasteiger partial charge in [-0.15, -0.1) is 0 Å². The first-order valence-corrected chi connectivity index (χ1v) is 7.36. The van der Waals surface area contributed by atoms with Crippen LogP contribution >= 0.6 is 11.6 Å². The third-order valence-corrected chi connectivity index (χ3v) is 3.99. The number of aromatic nitrogens is 1. The predicted octanol–water partition coefficient (Wildman–Crippen LogP) is 5.12. The van der Waals surface area contributed by atoms with Crippen molar-refractivity contribution in [1.29, 1.82) is 0 Å². The molecule has 0 amide bonds. The molecule has 1 aromatic heterocycles. The summed E-state index contributed by atoms with van der Waals surface area (Å²) < 4.78 is 0. The van der Waals surface area contributed by atoms with Crippen LogP contribution in [-0.4, -0.2) is 4.98 Å². The standard InChI is InChI=1S/C18H17ClN2/c1-12-5-3-6-13(2)16(12)11-21-17-10-15(19)9-14-7-4-8-20-18(14)17/h3-10,21H,11H2,1-2H3. The minimum atomic E-state index is 0.722. The number of pyridine rings is 1. The maximum absolute atomic E-state index is 6.20.